The van der Waals surface area contributed by atoms with Crippen molar-refractivity contribution in [3.8, 4) is 5.75 Å². The molecule has 0 radical (unpaired) electrons. The zero-order valence-corrected chi connectivity index (χ0v) is 22.5. The first-order valence-electron chi connectivity index (χ1n) is 13.1. The van der Waals surface area contributed by atoms with Gasteiger partial charge in [0.25, 0.3) is 0 Å². The zero-order chi connectivity index (χ0) is 29.7. The van der Waals surface area contributed by atoms with Crippen LogP contribution in [0.15, 0.2) is 54.6 Å². The highest BCUT2D eigenvalue weighted by molar-refractivity contribution is 5.94. The van der Waals surface area contributed by atoms with E-state index in [1.165, 1.54) is 19.1 Å². The first-order chi connectivity index (χ1) is 19.0. The third-order valence-corrected chi connectivity index (χ3v) is 6.27. The van der Waals surface area contributed by atoms with Crippen LogP contribution in [0.3, 0.4) is 0 Å². The molecule has 12 heteroatoms. The summed E-state index contributed by atoms with van der Waals surface area (Å²) in [6.07, 6.45) is 0.141. The van der Waals surface area contributed by atoms with Crippen molar-refractivity contribution >= 4 is 23.7 Å². The van der Waals surface area contributed by atoms with Crippen LogP contribution >= 0.6 is 0 Å². The van der Waals surface area contributed by atoms with Gasteiger partial charge in [-0.2, -0.15) is 0 Å². The summed E-state index contributed by atoms with van der Waals surface area (Å²) in [6, 6.07) is 10.3. The Morgan fingerprint density at radius 1 is 0.800 bits per heavy atom. The molecule has 2 aromatic carbocycles. The Hall–Kier alpha value is -4.00. The molecule has 2 rings (SSSR count). The quantitative estimate of drug-likeness (QED) is 0.125. The molecular formula is C28H39N5O7. The normalized spacial score (nSPS) is 14.7. The number of aliphatic carboxylic acids is 1. The average Bonchev–Trinajstić information content (AvgIpc) is 2.91. The zero-order valence-electron chi connectivity index (χ0n) is 22.5. The van der Waals surface area contributed by atoms with E-state index in [0.717, 1.165) is 5.56 Å². The van der Waals surface area contributed by atoms with E-state index < -0.39 is 54.0 Å². The van der Waals surface area contributed by atoms with Crippen molar-refractivity contribution in [1.29, 1.82) is 0 Å². The molecule has 218 valence electrons. The molecule has 0 spiro atoms. The van der Waals surface area contributed by atoms with E-state index in [0.29, 0.717) is 24.9 Å². The van der Waals surface area contributed by atoms with Gasteiger partial charge in [0.1, 0.15) is 17.8 Å². The van der Waals surface area contributed by atoms with Gasteiger partial charge in [-0.3, -0.25) is 14.4 Å². The number of aliphatic hydroxyl groups is 1. The number of nitrogens with two attached hydrogens (primary N) is 2. The predicted molar refractivity (Wildman–Crippen MR) is 148 cm³/mol. The molecule has 0 aliphatic carbocycles. The topological polar surface area (TPSA) is 217 Å². The minimum Gasteiger partial charge on any atom is -0.508 e. The predicted octanol–water partition coefficient (Wildman–Crippen LogP) is -0.446. The van der Waals surface area contributed by atoms with Crippen molar-refractivity contribution in [2.75, 3.05) is 6.54 Å². The first kappa shape index (κ1) is 32.2. The maximum absolute atomic E-state index is 13.4. The number of nitrogens with one attached hydrogen (secondary N) is 3. The molecule has 5 unspecified atom stereocenters. The summed E-state index contributed by atoms with van der Waals surface area (Å²) in [6.45, 7) is 1.60. The van der Waals surface area contributed by atoms with Gasteiger partial charge in [-0.15, -0.1) is 0 Å². The second-order valence-electron chi connectivity index (χ2n) is 9.64. The summed E-state index contributed by atoms with van der Waals surface area (Å²) in [7, 11) is 0. The van der Waals surface area contributed by atoms with E-state index >= 15 is 0 Å². The van der Waals surface area contributed by atoms with Gasteiger partial charge < -0.3 is 42.7 Å². The lowest BCUT2D eigenvalue weighted by molar-refractivity contribution is -0.145. The maximum Gasteiger partial charge on any atom is 0.328 e. The molecular weight excluding hydrogens is 518 g/mol. The van der Waals surface area contributed by atoms with Crippen LogP contribution in [-0.2, 0) is 32.0 Å². The molecule has 0 fully saturated rings. The van der Waals surface area contributed by atoms with Crippen molar-refractivity contribution in [3.05, 3.63) is 65.7 Å². The lowest BCUT2D eigenvalue weighted by Gasteiger charge is -2.26. The van der Waals surface area contributed by atoms with Crippen LogP contribution in [0, 0.1) is 0 Å². The van der Waals surface area contributed by atoms with E-state index in [-0.39, 0.29) is 25.0 Å². The number of carboxylic acids is 1. The van der Waals surface area contributed by atoms with Crippen molar-refractivity contribution in [3.63, 3.8) is 0 Å². The molecule has 0 aromatic heterocycles. The summed E-state index contributed by atoms with van der Waals surface area (Å²) < 4.78 is 0. The standard InChI is InChI=1S/C28H39N5O7/c1-17(34)24(28(39)40)33-27(38)23(16-19-10-12-20(35)13-11-19)32-26(37)22(9-5-6-14-29)31-25(36)21(30)15-18-7-3-2-4-8-18/h2-4,7-8,10-13,17,21-24,34-35H,5-6,9,14-16,29-30H2,1H3,(H,31,36)(H,32,37)(H,33,38)(H,39,40). The second kappa shape index (κ2) is 16.2. The Morgan fingerprint density at radius 2 is 1.38 bits per heavy atom. The van der Waals surface area contributed by atoms with Crippen LogP contribution in [0.1, 0.15) is 37.3 Å². The van der Waals surface area contributed by atoms with Crippen LogP contribution < -0.4 is 27.4 Å². The van der Waals surface area contributed by atoms with Gasteiger partial charge in [0.2, 0.25) is 17.7 Å². The summed E-state index contributed by atoms with van der Waals surface area (Å²) in [5.74, 6) is -3.50. The van der Waals surface area contributed by atoms with Crippen molar-refractivity contribution in [1.82, 2.24) is 16.0 Å². The molecule has 0 aliphatic heterocycles. The van der Waals surface area contributed by atoms with Crippen LogP contribution in [-0.4, -0.2) is 75.8 Å². The van der Waals surface area contributed by atoms with Crippen LogP contribution in [0.2, 0.25) is 0 Å². The molecule has 3 amide bonds. The molecule has 0 heterocycles. The smallest absolute Gasteiger partial charge is 0.328 e. The van der Waals surface area contributed by atoms with E-state index in [1.807, 2.05) is 30.3 Å². The molecule has 12 nitrogen and oxygen atoms in total. The van der Waals surface area contributed by atoms with Gasteiger partial charge in [0.05, 0.1) is 12.1 Å². The molecule has 0 bridgehead atoms. The summed E-state index contributed by atoms with van der Waals surface area (Å²) in [4.78, 5) is 50.9. The number of carbonyl (C=O) groups excluding carboxylic acids is 3. The molecule has 5 atom stereocenters. The highest BCUT2D eigenvalue weighted by atomic mass is 16.4. The molecule has 0 aliphatic rings. The lowest BCUT2D eigenvalue weighted by Crippen LogP contribution is -2.58. The van der Waals surface area contributed by atoms with E-state index in [9.17, 15) is 34.5 Å². The molecule has 10 N–H and O–H groups in total. The fraction of sp³-hybridized carbons (Fsp3) is 0.429. The average molecular weight is 558 g/mol. The number of benzene rings is 2. The number of phenols is 1. The minimum absolute atomic E-state index is 0.00311. The SMILES string of the molecule is CC(O)C(NC(=O)C(Cc1ccc(O)cc1)NC(=O)C(CCCCN)NC(=O)C(N)Cc1ccccc1)C(=O)O. The molecule has 0 saturated heterocycles. The largest absolute Gasteiger partial charge is 0.508 e. The summed E-state index contributed by atoms with van der Waals surface area (Å²) in [5, 5.41) is 36.3. The number of rotatable bonds is 16. The number of amides is 3. The number of aromatic hydroxyl groups is 1. The number of carboxylic acid groups (broad SMARTS) is 1. The van der Waals surface area contributed by atoms with Crippen LogP contribution in [0.25, 0.3) is 0 Å². The number of carbonyl (C=O) groups is 4. The molecule has 40 heavy (non-hydrogen) atoms. The van der Waals surface area contributed by atoms with Crippen LogP contribution in [0.4, 0.5) is 0 Å². The van der Waals surface area contributed by atoms with E-state index in [2.05, 4.69) is 16.0 Å². The molecule has 2 aromatic rings. The maximum atomic E-state index is 13.4. The third-order valence-electron chi connectivity index (χ3n) is 6.27. The van der Waals surface area contributed by atoms with Gasteiger partial charge in [-0.05, 0) is 62.4 Å². The fourth-order valence-corrected chi connectivity index (χ4v) is 3.99. The summed E-state index contributed by atoms with van der Waals surface area (Å²) in [5.41, 5.74) is 13.1. The first-order valence-corrected chi connectivity index (χ1v) is 13.1. The van der Waals surface area contributed by atoms with Gasteiger partial charge in [0, 0.05) is 6.42 Å². The lowest BCUT2D eigenvalue weighted by atomic mass is 10.0. The Morgan fingerprint density at radius 3 is 1.95 bits per heavy atom. The Bertz CT molecular complexity index is 1110. The summed E-state index contributed by atoms with van der Waals surface area (Å²) >= 11 is 0. The van der Waals surface area contributed by atoms with Gasteiger partial charge in [0.15, 0.2) is 6.04 Å². The van der Waals surface area contributed by atoms with Crippen molar-refractivity contribution in [2.24, 2.45) is 11.5 Å². The number of unbranched alkanes of at least 4 members (excludes halogenated alkanes) is 1. The second-order valence-corrected chi connectivity index (χ2v) is 9.64. The monoisotopic (exact) mass is 557 g/mol. The van der Waals surface area contributed by atoms with Crippen molar-refractivity contribution < 1.29 is 34.5 Å². The number of hydrogen-bond donors (Lipinski definition) is 8. The minimum atomic E-state index is -1.61. The van der Waals surface area contributed by atoms with Gasteiger partial charge in [-0.1, -0.05) is 42.5 Å². The van der Waals surface area contributed by atoms with Crippen LogP contribution in [0.5, 0.6) is 5.75 Å². The Kier molecular flexibility index (Phi) is 13.0. The Labute approximate surface area is 233 Å². The van der Waals surface area contributed by atoms with E-state index in [1.54, 1.807) is 12.1 Å². The third kappa shape index (κ3) is 10.6. The van der Waals surface area contributed by atoms with E-state index in [4.69, 9.17) is 11.5 Å². The number of aliphatic hydroxyl groups excluding tert-OH is 1. The number of hydrogen-bond acceptors (Lipinski definition) is 8. The fourth-order valence-electron chi connectivity index (χ4n) is 3.99. The Balaban J connectivity index is 2.22. The number of phenolic OH excluding ortho intramolecular Hbond substituents is 1. The highest BCUT2D eigenvalue weighted by Crippen LogP contribution is 2.13. The highest BCUT2D eigenvalue weighted by Gasteiger charge is 2.32. The van der Waals surface area contributed by atoms with Gasteiger partial charge >= 0.3 is 5.97 Å². The molecule has 0 saturated carbocycles. The van der Waals surface area contributed by atoms with Crippen molar-refractivity contribution in [2.45, 2.75) is 69.3 Å². The van der Waals surface area contributed by atoms with Gasteiger partial charge in [-0.25, -0.2) is 4.79 Å².